The Morgan fingerprint density at radius 2 is 1.60 bits per heavy atom. The van der Waals surface area contributed by atoms with Gasteiger partial charge in [0.05, 0.1) is 7.11 Å². The molecule has 0 heterocycles. The molecule has 0 fully saturated rings. The highest BCUT2D eigenvalue weighted by Gasteiger charge is 2.30. The molecule has 7 heteroatoms. The van der Waals surface area contributed by atoms with Crippen molar-refractivity contribution in [1.82, 2.24) is 5.32 Å². The number of rotatable bonds is 9. The maximum atomic E-state index is 12.7. The van der Waals surface area contributed by atoms with Crippen molar-refractivity contribution in [2.45, 2.75) is 39.3 Å². The van der Waals surface area contributed by atoms with E-state index in [1.807, 2.05) is 13.8 Å². The Kier molecular flexibility index (Phi) is 8.41. The van der Waals surface area contributed by atoms with Crippen LogP contribution >= 0.6 is 0 Å². The van der Waals surface area contributed by atoms with Gasteiger partial charge in [-0.3, -0.25) is 9.59 Å². The quantitative estimate of drug-likeness (QED) is 0.616. The van der Waals surface area contributed by atoms with Crippen LogP contribution in [0.4, 0.5) is 5.69 Å². The molecule has 30 heavy (non-hydrogen) atoms. The fourth-order valence-electron chi connectivity index (χ4n) is 2.70. The van der Waals surface area contributed by atoms with Gasteiger partial charge in [0.1, 0.15) is 11.8 Å². The zero-order valence-corrected chi connectivity index (χ0v) is 17.7. The molecule has 2 aromatic rings. The molecule has 2 N–H and O–H groups in total. The highest BCUT2D eigenvalue weighted by atomic mass is 16.5. The second kappa shape index (κ2) is 11.0. The molecule has 0 aromatic heterocycles. The number of nitrogens with one attached hydrogen (secondary N) is 2. The lowest BCUT2D eigenvalue weighted by Gasteiger charge is -2.24. The van der Waals surface area contributed by atoms with E-state index >= 15 is 0 Å². The Labute approximate surface area is 176 Å². The highest BCUT2D eigenvalue weighted by molar-refractivity contribution is 5.98. The topological polar surface area (TPSA) is 93.7 Å². The van der Waals surface area contributed by atoms with Crippen LogP contribution in [0, 0.1) is 5.92 Å². The molecule has 3 atom stereocenters. The first kappa shape index (κ1) is 22.9. The van der Waals surface area contributed by atoms with Gasteiger partial charge in [-0.2, -0.15) is 0 Å². The Balaban J connectivity index is 2.00. The molecule has 2 aromatic carbocycles. The number of methoxy groups -OCH3 is 1. The molecule has 0 aliphatic carbocycles. The van der Waals surface area contributed by atoms with E-state index in [9.17, 15) is 14.4 Å². The summed E-state index contributed by atoms with van der Waals surface area (Å²) in [4.78, 5) is 37.6. The second-order valence-electron chi connectivity index (χ2n) is 7.00. The minimum atomic E-state index is -1.03. The van der Waals surface area contributed by atoms with Crippen LogP contribution < -0.4 is 15.4 Å². The lowest BCUT2D eigenvalue weighted by molar-refractivity contribution is -0.156. The summed E-state index contributed by atoms with van der Waals surface area (Å²) >= 11 is 0. The maximum Gasteiger partial charge on any atom is 0.329 e. The largest absolute Gasteiger partial charge is 0.497 e. The highest BCUT2D eigenvalue weighted by Crippen LogP contribution is 2.16. The van der Waals surface area contributed by atoms with Crippen LogP contribution in [0.2, 0.25) is 0 Å². The molecule has 0 unspecified atom stereocenters. The van der Waals surface area contributed by atoms with Crippen molar-refractivity contribution >= 4 is 23.5 Å². The molecule has 2 rings (SSSR count). The summed E-state index contributed by atoms with van der Waals surface area (Å²) in [6.07, 6.45) is -0.374. The van der Waals surface area contributed by atoms with Gasteiger partial charge >= 0.3 is 5.97 Å². The number of ether oxygens (including phenoxy) is 2. The fourth-order valence-corrected chi connectivity index (χ4v) is 2.70. The zero-order valence-electron chi connectivity index (χ0n) is 17.7. The van der Waals surface area contributed by atoms with Crippen LogP contribution in [-0.2, 0) is 14.3 Å². The first-order chi connectivity index (χ1) is 14.3. The third kappa shape index (κ3) is 6.34. The van der Waals surface area contributed by atoms with E-state index in [4.69, 9.17) is 9.47 Å². The number of benzene rings is 2. The molecule has 0 saturated heterocycles. The van der Waals surface area contributed by atoms with Crippen LogP contribution in [0.15, 0.2) is 54.6 Å². The van der Waals surface area contributed by atoms with Crippen molar-refractivity contribution in [2.24, 2.45) is 5.92 Å². The summed E-state index contributed by atoms with van der Waals surface area (Å²) in [5.41, 5.74) is 1.00. The molecule has 0 radical (unpaired) electrons. The monoisotopic (exact) mass is 412 g/mol. The summed E-state index contributed by atoms with van der Waals surface area (Å²) in [7, 11) is 1.55. The molecular formula is C23H28N2O5. The van der Waals surface area contributed by atoms with Gasteiger partial charge < -0.3 is 20.1 Å². The fraction of sp³-hybridized carbons (Fsp3) is 0.348. The number of hydrogen-bond donors (Lipinski definition) is 2. The zero-order chi connectivity index (χ0) is 22.1. The van der Waals surface area contributed by atoms with Crippen molar-refractivity contribution < 1.29 is 23.9 Å². The van der Waals surface area contributed by atoms with E-state index in [-0.39, 0.29) is 11.8 Å². The summed E-state index contributed by atoms with van der Waals surface area (Å²) in [5, 5.41) is 5.42. The molecule has 7 nitrogen and oxygen atoms in total. The van der Waals surface area contributed by atoms with E-state index in [0.717, 1.165) is 0 Å². The van der Waals surface area contributed by atoms with Crippen molar-refractivity contribution in [1.29, 1.82) is 0 Å². The van der Waals surface area contributed by atoms with E-state index in [0.29, 0.717) is 23.4 Å². The number of hydrogen-bond acceptors (Lipinski definition) is 5. The summed E-state index contributed by atoms with van der Waals surface area (Å²) in [5.74, 6) is -0.981. The molecule has 160 valence electrons. The van der Waals surface area contributed by atoms with Crippen LogP contribution in [0.1, 0.15) is 37.6 Å². The summed E-state index contributed by atoms with van der Waals surface area (Å²) in [6.45, 7) is 5.25. The first-order valence-electron chi connectivity index (χ1n) is 9.87. The Morgan fingerprint density at radius 1 is 0.967 bits per heavy atom. The van der Waals surface area contributed by atoms with Crippen molar-refractivity contribution in [2.75, 3.05) is 12.4 Å². The number of carbonyl (C=O) groups is 3. The Bertz CT molecular complexity index is 852. The first-order valence-corrected chi connectivity index (χ1v) is 9.87. The molecule has 2 amide bonds. The smallest absolute Gasteiger partial charge is 0.329 e. The van der Waals surface area contributed by atoms with Gasteiger partial charge in [0.25, 0.3) is 11.8 Å². The summed E-state index contributed by atoms with van der Waals surface area (Å²) in [6, 6.07) is 14.6. The predicted molar refractivity (Wildman–Crippen MR) is 114 cm³/mol. The third-order valence-electron chi connectivity index (χ3n) is 4.81. The van der Waals surface area contributed by atoms with Gasteiger partial charge in [0.2, 0.25) is 0 Å². The Morgan fingerprint density at radius 3 is 2.17 bits per heavy atom. The number of carbonyl (C=O) groups excluding carboxylic acids is 3. The van der Waals surface area contributed by atoms with Gasteiger partial charge in [-0.25, -0.2) is 4.79 Å². The third-order valence-corrected chi connectivity index (χ3v) is 4.81. The van der Waals surface area contributed by atoms with Crippen LogP contribution in [0.3, 0.4) is 0 Å². The molecule has 0 saturated carbocycles. The van der Waals surface area contributed by atoms with E-state index in [2.05, 4.69) is 10.6 Å². The Hall–Kier alpha value is -3.35. The van der Waals surface area contributed by atoms with Gasteiger partial charge in [-0.15, -0.1) is 0 Å². The van der Waals surface area contributed by atoms with E-state index in [1.165, 1.54) is 6.92 Å². The molecule has 0 aliphatic heterocycles. The average molecular weight is 412 g/mol. The molecular weight excluding hydrogens is 384 g/mol. The number of anilines is 1. The summed E-state index contributed by atoms with van der Waals surface area (Å²) < 4.78 is 10.4. The minimum absolute atomic E-state index is 0.165. The number of esters is 1. The average Bonchev–Trinajstić information content (AvgIpc) is 2.77. The van der Waals surface area contributed by atoms with Gasteiger partial charge in [-0.05, 0) is 49.2 Å². The second-order valence-corrected chi connectivity index (χ2v) is 7.00. The standard InChI is InChI=1S/C23H28N2O5/c1-5-15(2)20(25-22(27)17-9-7-6-8-10-17)23(28)30-16(3)21(26)24-18-11-13-19(29-4)14-12-18/h6-16,20H,5H2,1-4H3,(H,24,26)(H,25,27)/t15-,16+,20-/m0/s1. The molecule has 0 spiro atoms. The van der Waals surface area contributed by atoms with Crippen molar-refractivity contribution in [3.63, 3.8) is 0 Å². The predicted octanol–water partition coefficient (Wildman–Crippen LogP) is 3.41. The number of amides is 2. The maximum absolute atomic E-state index is 12.7. The molecule has 0 aliphatic rings. The van der Waals surface area contributed by atoms with Crippen molar-refractivity contribution in [3.05, 3.63) is 60.2 Å². The van der Waals surface area contributed by atoms with Crippen LogP contribution in [-0.4, -0.2) is 37.0 Å². The van der Waals surface area contributed by atoms with E-state index < -0.39 is 24.0 Å². The normalized spacial score (nSPS) is 13.5. The lowest BCUT2D eigenvalue weighted by atomic mass is 9.98. The van der Waals surface area contributed by atoms with Crippen molar-refractivity contribution in [3.8, 4) is 5.75 Å². The molecule has 0 bridgehead atoms. The van der Waals surface area contributed by atoms with Gasteiger partial charge in [0, 0.05) is 11.3 Å². The van der Waals surface area contributed by atoms with Crippen LogP contribution in [0.25, 0.3) is 0 Å². The van der Waals surface area contributed by atoms with E-state index in [1.54, 1.807) is 61.7 Å². The lowest BCUT2D eigenvalue weighted by Crippen LogP contribution is -2.47. The van der Waals surface area contributed by atoms with Gasteiger partial charge in [0.15, 0.2) is 6.10 Å². The van der Waals surface area contributed by atoms with Gasteiger partial charge in [-0.1, -0.05) is 38.5 Å². The SMILES string of the molecule is CC[C@H](C)[C@H](NC(=O)c1ccccc1)C(=O)O[C@H](C)C(=O)Nc1ccc(OC)cc1. The van der Waals surface area contributed by atoms with Crippen LogP contribution in [0.5, 0.6) is 5.75 Å². The minimum Gasteiger partial charge on any atom is -0.497 e.